The number of rotatable bonds is 4. The van der Waals surface area contributed by atoms with Crippen LogP contribution >= 0.6 is 15.9 Å². The number of carbonyl (C=O) groups is 4. The van der Waals surface area contributed by atoms with Crippen LogP contribution in [0.15, 0.2) is 71.2 Å². The highest BCUT2D eigenvalue weighted by atomic mass is 79.9. The highest BCUT2D eigenvalue weighted by Gasteiger charge is 2.75. The summed E-state index contributed by atoms with van der Waals surface area (Å²) in [5.74, 6) is -3.77. The second kappa shape index (κ2) is 13.2. The SMILES string of the molecule is Cc1cccc(C)c1N1C/C=C\CCC(=O)N(C)[C@@H](C)[C@H](c2ccccc2)OC(=O)[C@H]2[C@@H]3O[C@@]4(C=C3Br)[C@@H]2C(=O)N([C@H](C)CO)[C@@H]4C1=O. The summed E-state index contributed by atoms with van der Waals surface area (Å²) in [7, 11) is 1.70. The lowest BCUT2D eigenvalue weighted by atomic mass is 9.74. The molecule has 0 radical (unpaired) electrons. The van der Waals surface area contributed by atoms with Crippen LogP contribution in [0.3, 0.4) is 0 Å². The molecule has 11 heteroatoms. The lowest BCUT2D eigenvalue weighted by Gasteiger charge is -2.38. The zero-order valence-corrected chi connectivity index (χ0v) is 29.4. The molecule has 4 aliphatic rings. The van der Waals surface area contributed by atoms with Crippen molar-refractivity contribution in [3.8, 4) is 0 Å². The Morgan fingerprint density at radius 1 is 0.979 bits per heavy atom. The Hall–Kier alpha value is -3.80. The largest absolute Gasteiger partial charge is 0.455 e. The van der Waals surface area contributed by atoms with Gasteiger partial charge in [0.05, 0.1) is 24.6 Å². The minimum Gasteiger partial charge on any atom is -0.455 e. The number of aliphatic hydroxyl groups excluding tert-OH is 1. The van der Waals surface area contributed by atoms with Crippen LogP contribution in [0.25, 0.3) is 0 Å². The van der Waals surface area contributed by atoms with Crippen LogP contribution in [0.1, 0.15) is 49.5 Å². The average molecular weight is 721 g/mol. The molecule has 0 unspecified atom stereocenters. The number of hydrogen-bond acceptors (Lipinski definition) is 7. The lowest BCUT2D eigenvalue weighted by Crippen LogP contribution is -2.58. The number of para-hydroxylation sites is 1. The van der Waals surface area contributed by atoms with Crippen molar-refractivity contribution in [1.82, 2.24) is 9.80 Å². The van der Waals surface area contributed by atoms with Crippen LogP contribution < -0.4 is 4.90 Å². The quantitative estimate of drug-likeness (QED) is 0.369. The number of aryl methyl sites for hydroxylation is 2. The molecular formula is C37H42BrN3O7. The number of allylic oxidation sites excluding steroid dienone is 1. The van der Waals surface area contributed by atoms with E-state index in [9.17, 15) is 19.5 Å². The number of nitrogens with zero attached hydrogens (tertiary/aromatic N) is 3. The molecular weight excluding hydrogens is 678 g/mol. The number of esters is 1. The van der Waals surface area contributed by atoms with Crippen molar-refractivity contribution in [2.45, 2.75) is 76.5 Å². The van der Waals surface area contributed by atoms with Gasteiger partial charge in [0, 0.05) is 30.2 Å². The number of amides is 3. The van der Waals surface area contributed by atoms with Gasteiger partial charge < -0.3 is 29.3 Å². The summed E-state index contributed by atoms with van der Waals surface area (Å²) >= 11 is 3.60. The number of likely N-dealkylation sites (tertiary alicyclic amines) is 1. The van der Waals surface area contributed by atoms with Gasteiger partial charge in [-0.15, -0.1) is 0 Å². The summed E-state index contributed by atoms with van der Waals surface area (Å²) in [6.45, 7) is 7.16. The number of carbonyl (C=O) groups excluding carboxylic acids is 4. The highest BCUT2D eigenvalue weighted by Crippen LogP contribution is 2.59. The number of benzene rings is 2. The molecule has 1 N–H and O–H groups in total. The third kappa shape index (κ3) is 5.49. The van der Waals surface area contributed by atoms with E-state index in [4.69, 9.17) is 9.47 Å². The second-order valence-corrected chi connectivity index (χ2v) is 14.2. The van der Waals surface area contributed by atoms with Crippen LogP contribution in [0, 0.1) is 25.7 Å². The predicted octanol–water partition coefficient (Wildman–Crippen LogP) is 4.37. The molecule has 3 amide bonds. The number of ether oxygens (including phenoxy) is 2. The zero-order chi connectivity index (χ0) is 34.5. The molecule has 4 aliphatic heterocycles. The Labute approximate surface area is 289 Å². The van der Waals surface area contributed by atoms with E-state index in [1.54, 1.807) is 29.8 Å². The molecule has 8 atom stereocenters. The van der Waals surface area contributed by atoms with Crippen LogP contribution in [-0.4, -0.2) is 88.6 Å². The molecule has 254 valence electrons. The molecule has 0 aromatic heterocycles. The highest BCUT2D eigenvalue weighted by molar-refractivity contribution is 9.11. The van der Waals surface area contributed by atoms with Gasteiger partial charge in [-0.1, -0.05) is 76.6 Å². The Bertz CT molecular complexity index is 1660. The smallest absolute Gasteiger partial charge is 0.313 e. The van der Waals surface area contributed by atoms with E-state index in [0.717, 1.165) is 11.1 Å². The number of halogens is 1. The number of fused-ring (bicyclic) bond motifs is 2. The van der Waals surface area contributed by atoms with E-state index in [-0.39, 0.29) is 25.5 Å². The monoisotopic (exact) mass is 719 g/mol. The van der Waals surface area contributed by atoms with Gasteiger partial charge in [-0.25, -0.2) is 0 Å². The number of anilines is 1. The maximum Gasteiger partial charge on any atom is 0.313 e. The minimum atomic E-state index is -1.49. The normalized spacial score (nSPS) is 32.3. The third-order valence-corrected chi connectivity index (χ3v) is 11.1. The van der Waals surface area contributed by atoms with Crippen LogP contribution in [-0.2, 0) is 28.7 Å². The molecule has 2 fully saturated rings. The molecule has 2 aromatic carbocycles. The van der Waals surface area contributed by atoms with Crippen molar-refractivity contribution in [1.29, 1.82) is 0 Å². The lowest BCUT2D eigenvalue weighted by molar-refractivity contribution is -0.164. The molecule has 1 spiro atoms. The van der Waals surface area contributed by atoms with Gasteiger partial charge >= 0.3 is 5.97 Å². The topological polar surface area (TPSA) is 117 Å². The van der Waals surface area contributed by atoms with E-state index in [1.165, 1.54) is 4.90 Å². The Kier molecular flexibility index (Phi) is 9.41. The van der Waals surface area contributed by atoms with Crippen molar-refractivity contribution < 1.29 is 33.8 Å². The van der Waals surface area contributed by atoms with Crippen molar-refractivity contribution in [2.24, 2.45) is 11.8 Å². The Morgan fingerprint density at radius 2 is 1.67 bits per heavy atom. The fourth-order valence-corrected chi connectivity index (χ4v) is 8.58. The molecule has 5 bridgehead atoms. The van der Waals surface area contributed by atoms with Gasteiger partial charge in [0.15, 0.2) is 0 Å². The van der Waals surface area contributed by atoms with Gasteiger partial charge in [-0.3, -0.25) is 19.2 Å². The first-order chi connectivity index (χ1) is 22.9. The molecule has 6 rings (SSSR count). The zero-order valence-electron chi connectivity index (χ0n) is 27.8. The van der Waals surface area contributed by atoms with Gasteiger partial charge in [0.2, 0.25) is 11.8 Å². The van der Waals surface area contributed by atoms with Gasteiger partial charge in [0.25, 0.3) is 5.91 Å². The first kappa shape index (κ1) is 34.1. The molecule has 0 aliphatic carbocycles. The molecule has 48 heavy (non-hydrogen) atoms. The fourth-order valence-electron chi connectivity index (χ4n) is 7.84. The first-order valence-corrected chi connectivity index (χ1v) is 17.2. The fraction of sp³-hybridized carbons (Fsp3) is 0.459. The molecule has 2 saturated heterocycles. The van der Waals surface area contributed by atoms with E-state index >= 15 is 4.79 Å². The summed E-state index contributed by atoms with van der Waals surface area (Å²) < 4.78 is 13.5. The van der Waals surface area contributed by atoms with Gasteiger partial charge in [-0.2, -0.15) is 0 Å². The summed E-state index contributed by atoms with van der Waals surface area (Å²) in [5, 5.41) is 10.4. The van der Waals surface area contributed by atoms with Gasteiger partial charge in [0.1, 0.15) is 29.8 Å². The molecule has 10 nitrogen and oxygen atoms in total. The van der Waals surface area contributed by atoms with E-state index in [2.05, 4.69) is 15.9 Å². The van der Waals surface area contributed by atoms with E-state index < -0.39 is 65.6 Å². The van der Waals surface area contributed by atoms with Crippen molar-refractivity contribution in [2.75, 3.05) is 25.1 Å². The maximum absolute atomic E-state index is 15.1. The first-order valence-electron chi connectivity index (χ1n) is 16.5. The number of hydrogen-bond donors (Lipinski definition) is 1. The second-order valence-electron chi connectivity index (χ2n) is 13.3. The molecule has 4 heterocycles. The predicted molar refractivity (Wildman–Crippen MR) is 183 cm³/mol. The van der Waals surface area contributed by atoms with Crippen LogP contribution in [0.4, 0.5) is 5.69 Å². The van der Waals surface area contributed by atoms with E-state index in [1.807, 2.05) is 81.5 Å². The Balaban J connectivity index is 1.52. The summed E-state index contributed by atoms with van der Waals surface area (Å²) in [6, 6.07) is 12.6. The molecule has 2 aromatic rings. The minimum absolute atomic E-state index is 0.119. The van der Waals surface area contributed by atoms with E-state index in [0.29, 0.717) is 22.2 Å². The summed E-state index contributed by atoms with van der Waals surface area (Å²) in [6.07, 6.45) is 4.48. The van der Waals surface area contributed by atoms with Crippen LogP contribution in [0.5, 0.6) is 0 Å². The third-order valence-electron chi connectivity index (χ3n) is 10.4. The van der Waals surface area contributed by atoms with Crippen molar-refractivity contribution >= 4 is 45.3 Å². The maximum atomic E-state index is 15.1. The van der Waals surface area contributed by atoms with Crippen molar-refractivity contribution in [3.63, 3.8) is 0 Å². The van der Waals surface area contributed by atoms with Crippen LogP contribution in [0.2, 0.25) is 0 Å². The number of likely N-dealkylation sites (N-methyl/N-ethyl adjacent to an activating group) is 1. The standard InChI is InChI=1S/C37H42BrN3O7/c1-21-13-12-14-22(2)30(21)40-18-11-7-10-17-27(43)39(5)24(4)31(25-15-8-6-9-16-25)47-36(46)28-29-34(44)41(23(3)20-42)33(35(40)45)37(29)19-26(38)32(28)48-37/h6-9,11-16,19,23-24,28-29,31-33,42H,10,17-18,20H2,1-5H3/b11-7-/t23-,24+,28-,29+,31-,32-,33-,37+/m1/s1. The van der Waals surface area contributed by atoms with Crippen molar-refractivity contribution in [3.05, 3.63) is 87.9 Å². The Morgan fingerprint density at radius 3 is 2.33 bits per heavy atom. The number of aliphatic hydroxyl groups is 1. The summed E-state index contributed by atoms with van der Waals surface area (Å²) in [4.78, 5) is 62.1. The number of cyclic esters (lactones) is 1. The van der Waals surface area contributed by atoms with Gasteiger partial charge in [-0.05, 0) is 56.9 Å². The summed E-state index contributed by atoms with van der Waals surface area (Å²) in [5.41, 5.74) is 1.66. The average Bonchev–Trinajstić information content (AvgIpc) is 3.67. The molecule has 0 saturated carbocycles.